The van der Waals surface area contributed by atoms with Gasteiger partial charge >= 0.3 is 11.9 Å². The standard InChI is InChI=1S/C25H26O5/c1-4-30-22(26)16-25(29)14-13-24(2,3)21-15-18(9-12-20(21)25)6-5-17-7-10-19(11-8-17)23(27)28/h7-12,15,29H,4,13-14,16H2,1-3H3,(H,27,28). The van der Waals surface area contributed by atoms with E-state index < -0.39 is 17.5 Å². The number of esters is 1. The lowest BCUT2D eigenvalue weighted by atomic mass is 9.65. The molecule has 1 atom stereocenters. The fraction of sp³-hybridized carbons (Fsp3) is 0.360. The highest BCUT2D eigenvalue weighted by atomic mass is 16.5. The first kappa shape index (κ1) is 21.6. The summed E-state index contributed by atoms with van der Waals surface area (Å²) < 4.78 is 5.05. The van der Waals surface area contributed by atoms with Crippen molar-refractivity contribution in [3.8, 4) is 11.8 Å². The summed E-state index contributed by atoms with van der Waals surface area (Å²) in [7, 11) is 0. The van der Waals surface area contributed by atoms with Crippen molar-refractivity contribution in [3.05, 3.63) is 70.3 Å². The van der Waals surface area contributed by atoms with Crippen molar-refractivity contribution in [2.45, 2.75) is 51.0 Å². The summed E-state index contributed by atoms with van der Waals surface area (Å²) in [5, 5.41) is 20.2. The maximum Gasteiger partial charge on any atom is 0.335 e. The van der Waals surface area contributed by atoms with E-state index in [1.807, 2.05) is 18.2 Å². The number of rotatable bonds is 4. The molecule has 1 unspecified atom stereocenters. The van der Waals surface area contributed by atoms with Crippen molar-refractivity contribution < 1.29 is 24.5 Å². The van der Waals surface area contributed by atoms with Gasteiger partial charge in [0, 0.05) is 11.1 Å². The number of hydrogen-bond acceptors (Lipinski definition) is 4. The SMILES string of the molecule is CCOC(=O)CC1(O)CCC(C)(C)c2cc(C#Cc3ccc(C(=O)O)cc3)ccc21. The zero-order valence-corrected chi connectivity index (χ0v) is 17.5. The van der Waals surface area contributed by atoms with Crippen LogP contribution in [0.3, 0.4) is 0 Å². The van der Waals surface area contributed by atoms with E-state index in [0.717, 1.165) is 28.7 Å². The number of aliphatic hydroxyl groups is 1. The molecule has 1 aliphatic carbocycles. The van der Waals surface area contributed by atoms with E-state index in [2.05, 4.69) is 25.7 Å². The van der Waals surface area contributed by atoms with E-state index in [1.165, 1.54) is 12.1 Å². The lowest BCUT2D eigenvalue weighted by Gasteiger charge is -2.42. The summed E-state index contributed by atoms with van der Waals surface area (Å²) >= 11 is 0. The number of carboxylic acid groups (broad SMARTS) is 1. The van der Waals surface area contributed by atoms with Crippen molar-refractivity contribution >= 4 is 11.9 Å². The Labute approximate surface area is 176 Å². The van der Waals surface area contributed by atoms with Crippen LogP contribution in [0, 0.1) is 11.8 Å². The van der Waals surface area contributed by atoms with Gasteiger partial charge in [-0.15, -0.1) is 0 Å². The monoisotopic (exact) mass is 406 g/mol. The number of carbonyl (C=O) groups is 2. The number of fused-ring (bicyclic) bond motifs is 1. The second kappa shape index (κ2) is 8.33. The fourth-order valence-corrected chi connectivity index (χ4v) is 3.85. The van der Waals surface area contributed by atoms with Gasteiger partial charge in [0.2, 0.25) is 0 Å². The number of carboxylic acids is 1. The van der Waals surface area contributed by atoms with Crippen LogP contribution in [-0.4, -0.2) is 28.8 Å². The van der Waals surface area contributed by atoms with Crippen molar-refractivity contribution in [1.29, 1.82) is 0 Å². The molecule has 3 rings (SSSR count). The Morgan fingerprint density at radius 1 is 1.00 bits per heavy atom. The molecule has 5 nitrogen and oxygen atoms in total. The molecular formula is C25H26O5. The van der Waals surface area contributed by atoms with Gasteiger partial charge in [-0.05, 0) is 72.7 Å². The predicted octanol–water partition coefficient (Wildman–Crippen LogP) is 4.00. The summed E-state index contributed by atoms with van der Waals surface area (Å²) in [5.41, 5.74) is 2.07. The van der Waals surface area contributed by atoms with Crippen LogP contribution < -0.4 is 0 Å². The van der Waals surface area contributed by atoms with Crippen LogP contribution >= 0.6 is 0 Å². The molecule has 0 aromatic heterocycles. The van der Waals surface area contributed by atoms with Gasteiger partial charge < -0.3 is 14.9 Å². The van der Waals surface area contributed by atoms with Gasteiger partial charge in [-0.2, -0.15) is 0 Å². The van der Waals surface area contributed by atoms with Crippen LogP contribution in [-0.2, 0) is 20.5 Å². The summed E-state index contributed by atoms with van der Waals surface area (Å²) in [4.78, 5) is 23.0. The molecule has 156 valence electrons. The van der Waals surface area contributed by atoms with Crippen molar-refractivity contribution in [2.75, 3.05) is 6.61 Å². The topological polar surface area (TPSA) is 83.8 Å². The zero-order chi connectivity index (χ0) is 21.9. The Balaban J connectivity index is 1.93. The number of ether oxygens (including phenoxy) is 1. The first-order chi connectivity index (χ1) is 14.1. The van der Waals surface area contributed by atoms with Gasteiger partial charge in [0.1, 0.15) is 5.60 Å². The maximum absolute atomic E-state index is 12.0. The summed E-state index contributed by atoms with van der Waals surface area (Å²) in [6, 6.07) is 12.1. The molecule has 0 radical (unpaired) electrons. The van der Waals surface area contributed by atoms with Gasteiger partial charge in [0.15, 0.2) is 0 Å². The molecule has 0 heterocycles. The smallest absolute Gasteiger partial charge is 0.335 e. The summed E-state index contributed by atoms with van der Waals surface area (Å²) in [5.74, 6) is 4.79. The molecule has 30 heavy (non-hydrogen) atoms. The Morgan fingerprint density at radius 3 is 2.27 bits per heavy atom. The third-order valence-corrected chi connectivity index (χ3v) is 5.64. The average molecular weight is 406 g/mol. The first-order valence-corrected chi connectivity index (χ1v) is 10.0. The molecule has 0 saturated heterocycles. The van der Waals surface area contributed by atoms with Crippen LogP contribution in [0.15, 0.2) is 42.5 Å². The van der Waals surface area contributed by atoms with E-state index in [9.17, 15) is 14.7 Å². The lowest BCUT2D eigenvalue weighted by molar-refractivity contribution is -0.150. The van der Waals surface area contributed by atoms with Gasteiger partial charge in [-0.1, -0.05) is 31.8 Å². The summed E-state index contributed by atoms with van der Waals surface area (Å²) in [6.07, 6.45) is 1.17. The normalized spacial score (nSPS) is 19.2. The van der Waals surface area contributed by atoms with Gasteiger partial charge in [-0.25, -0.2) is 4.79 Å². The highest BCUT2D eigenvalue weighted by Gasteiger charge is 2.43. The Morgan fingerprint density at radius 2 is 1.63 bits per heavy atom. The molecule has 2 aromatic carbocycles. The number of aromatic carboxylic acids is 1. The summed E-state index contributed by atoms with van der Waals surface area (Å²) in [6.45, 7) is 6.28. The second-order valence-corrected chi connectivity index (χ2v) is 8.29. The van der Waals surface area contributed by atoms with E-state index in [4.69, 9.17) is 9.84 Å². The molecular weight excluding hydrogens is 380 g/mol. The Hall–Kier alpha value is -3.10. The lowest BCUT2D eigenvalue weighted by Crippen LogP contribution is -2.39. The Kier molecular flexibility index (Phi) is 6.00. The fourth-order valence-electron chi connectivity index (χ4n) is 3.85. The number of hydrogen-bond donors (Lipinski definition) is 2. The molecule has 0 spiro atoms. The molecule has 0 amide bonds. The highest BCUT2D eigenvalue weighted by molar-refractivity contribution is 5.87. The van der Waals surface area contributed by atoms with E-state index in [0.29, 0.717) is 6.42 Å². The van der Waals surface area contributed by atoms with E-state index in [1.54, 1.807) is 19.1 Å². The minimum Gasteiger partial charge on any atom is -0.478 e. The molecule has 0 bridgehead atoms. The quantitative estimate of drug-likeness (QED) is 0.592. The van der Waals surface area contributed by atoms with E-state index >= 15 is 0 Å². The molecule has 0 saturated carbocycles. The molecule has 1 aliphatic rings. The third kappa shape index (κ3) is 4.55. The van der Waals surface area contributed by atoms with Crippen LogP contribution in [0.1, 0.15) is 72.6 Å². The molecule has 5 heteroatoms. The van der Waals surface area contributed by atoms with E-state index in [-0.39, 0.29) is 24.0 Å². The van der Waals surface area contributed by atoms with Crippen LogP contribution in [0.4, 0.5) is 0 Å². The third-order valence-electron chi connectivity index (χ3n) is 5.64. The van der Waals surface area contributed by atoms with Gasteiger partial charge in [-0.3, -0.25) is 4.79 Å². The molecule has 0 fully saturated rings. The van der Waals surface area contributed by atoms with Crippen LogP contribution in [0.5, 0.6) is 0 Å². The minimum absolute atomic E-state index is 0.0646. The molecule has 2 N–H and O–H groups in total. The average Bonchev–Trinajstić information content (AvgIpc) is 2.70. The van der Waals surface area contributed by atoms with Gasteiger partial charge in [0.25, 0.3) is 0 Å². The second-order valence-electron chi connectivity index (χ2n) is 8.29. The van der Waals surface area contributed by atoms with Crippen LogP contribution in [0.25, 0.3) is 0 Å². The zero-order valence-electron chi connectivity index (χ0n) is 17.5. The van der Waals surface area contributed by atoms with Crippen molar-refractivity contribution in [2.24, 2.45) is 0 Å². The van der Waals surface area contributed by atoms with Gasteiger partial charge in [0.05, 0.1) is 18.6 Å². The van der Waals surface area contributed by atoms with Crippen molar-refractivity contribution in [3.63, 3.8) is 0 Å². The largest absolute Gasteiger partial charge is 0.478 e. The minimum atomic E-state index is -1.24. The molecule has 0 aliphatic heterocycles. The highest BCUT2D eigenvalue weighted by Crippen LogP contribution is 2.46. The Bertz CT molecular complexity index is 1020. The predicted molar refractivity (Wildman–Crippen MR) is 113 cm³/mol. The van der Waals surface area contributed by atoms with Crippen molar-refractivity contribution in [1.82, 2.24) is 0 Å². The number of carbonyl (C=O) groups excluding carboxylic acids is 1. The molecule has 2 aromatic rings. The first-order valence-electron chi connectivity index (χ1n) is 10.0. The van der Waals surface area contributed by atoms with Crippen LogP contribution in [0.2, 0.25) is 0 Å². The number of benzene rings is 2. The maximum atomic E-state index is 12.0.